The van der Waals surface area contributed by atoms with Crippen LogP contribution >= 0.6 is 0 Å². The molecule has 1 aromatic rings. The Morgan fingerprint density at radius 3 is 2.40 bits per heavy atom. The van der Waals surface area contributed by atoms with Crippen LogP contribution in [0.15, 0.2) is 35.3 Å². The number of hydrogen-bond acceptors (Lipinski definition) is 4. The number of para-hydroxylation sites is 1. The Labute approximate surface area is 151 Å². The highest BCUT2D eigenvalue weighted by Gasteiger charge is 2.19. The zero-order chi connectivity index (χ0) is 18.1. The number of nitrogens with zero attached hydrogens (tertiary/aromatic N) is 3. The zero-order valence-corrected chi connectivity index (χ0v) is 15.9. The summed E-state index contributed by atoms with van der Waals surface area (Å²) in [7, 11) is -1.32. The second-order valence-corrected chi connectivity index (χ2v) is 8.03. The number of rotatable bonds is 7. The molecular weight excluding hydrogens is 338 g/mol. The van der Waals surface area contributed by atoms with Gasteiger partial charge in [0.2, 0.25) is 10.0 Å². The first-order valence-electron chi connectivity index (χ1n) is 8.78. The lowest BCUT2D eigenvalue weighted by Gasteiger charge is -2.37. The fourth-order valence-corrected chi connectivity index (χ4v) is 3.43. The Bertz CT molecular complexity index is 640. The summed E-state index contributed by atoms with van der Waals surface area (Å²) in [5, 5.41) is 3.32. The van der Waals surface area contributed by atoms with Crippen LogP contribution in [-0.2, 0) is 10.0 Å². The molecule has 2 rings (SSSR count). The van der Waals surface area contributed by atoms with Crippen molar-refractivity contribution >= 4 is 21.7 Å². The topological polar surface area (TPSA) is 77.0 Å². The summed E-state index contributed by atoms with van der Waals surface area (Å²) in [6.07, 6.45) is 0.724. The second kappa shape index (κ2) is 9.62. The molecule has 1 heterocycles. The number of piperazine rings is 1. The van der Waals surface area contributed by atoms with Crippen LogP contribution in [-0.4, -0.2) is 71.3 Å². The molecule has 0 bridgehead atoms. The molecule has 0 aromatic heterocycles. The molecule has 140 valence electrons. The van der Waals surface area contributed by atoms with Gasteiger partial charge in [-0.3, -0.25) is 4.99 Å². The van der Waals surface area contributed by atoms with Crippen molar-refractivity contribution in [1.29, 1.82) is 0 Å². The van der Waals surface area contributed by atoms with Crippen LogP contribution in [0.2, 0.25) is 0 Å². The maximum atomic E-state index is 11.4. The Morgan fingerprint density at radius 2 is 1.80 bits per heavy atom. The minimum Gasteiger partial charge on any atom is -0.368 e. The Morgan fingerprint density at radius 1 is 1.12 bits per heavy atom. The summed E-state index contributed by atoms with van der Waals surface area (Å²) in [4.78, 5) is 8.97. The first kappa shape index (κ1) is 19.5. The van der Waals surface area contributed by atoms with Gasteiger partial charge in [0.15, 0.2) is 5.96 Å². The highest BCUT2D eigenvalue weighted by atomic mass is 32.2. The Balaban J connectivity index is 1.72. The molecular formula is C17H29N5O2S. The smallest absolute Gasteiger partial charge is 0.211 e. The standard InChI is InChI=1S/C17H29N5O2S/c1-3-25(23,24)20-11-7-10-19-17(18-2)22-14-12-21(13-15-22)16-8-5-4-6-9-16/h4-6,8-9,20H,3,7,10-15H2,1-2H3,(H,18,19). The van der Waals surface area contributed by atoms with Crippen LogP contribution < -0.4 is 14.9 Å². The number of aliphatic imine (C=N–C) groups is 1. The third kappa shape index (κ3) is 6.21. The lowest BCUT2D eigenvalue weighted by atomic mass is 10.2. The van der Waals surface area contributed by atoms with Gasteiger partial charge in [-0.15, -0.1) is 0 Å². The second-order valence-electron chi connectivity index (χ2n) is 5.93. The fraction of sp³-hybridized carbons (Fsp3) is 0.588. The summed E-state index contributed by atoms with van der Waals surface area (Å²) in [5.41, 5.74) is 1.26. The lowest BCUT2D eigenvalue weighted by molar-refractivity contribution is 0.372. The highest BCUT2D eigenvalue weighted by molar-refractivity contribution is 7.89. The number of benzene rings is 1. The minimum atomic E-state index is -3.10. The fourth-order valence-electron chi connectivity index (χ4n) is 2.77. The largest absolute Gasteiger partial charge is 0.368 e. The van der Waals surface area contributed by atoms with Crippen molar-refractivity contribution in [2.75, 3.05) is 57.0 Å². The molecule has 7 nitrogen and oxygen atoms in total. The van der Waals surface area contributed by atoms with Gasteiger partial charge in [-0.1, -0.05) is 18.2 Å². The van der Waals surface area contributed by atoms with Gasteiger partial charge in [-0.05, 0) is 25.5 Å². The van der Waals surface area contributed by atoms with Crippen LogP contribution in [0.5, 0.6) is 0 Å². The van der Waals surface area contributed by atoms with Gasteiger partial charge in [0, 0.05) is 52.0 Å². The molecule has 0 radical (unpaired) electrons. The molecule has 0 saturated carbocycles. The van der Waals surface area contributed by atoms with Crippen molar-refractivity contribution in [2.45, 2.75) is 13.3 Å². The molecule has 0 atom stereocenters. The molecule has 0 amide bonds. The van der Waals surface area contributed by atoms with Gasteiger partial charge in [0.05, 0.1) is 5.75 Å². The van der Waals surface area contributed by atoms with E-state index in [4.69, 9.17) is 0 Å². The summed E-state index contributed by atoms with van der Waals surface area (Å²) in [5.74, 6) is 0.999. The molecule has 2 N–H and O–H groups in total. The van der Waals surface area contributed by atoms with E-state index in [0.29, 0.717) is 13.1 Å². The van der Waals surface area contributed by atoms with Crippen molar-refractivity contribution in [3.63, 3.8) is 0 Å². The SMILES string of the molecule is CCS(=O)(=O)NCCCNC(=NC)N1CCN(c2ccccc2)CC1. The van der Waals surface area contributed by atoms with Gasteiger partial charge in [0.1, 0.15) is 0 Å². The number of sulfonamides is 1. The average Bonchev–Trinajstić information content (AvgIpc) is 2.65. The van der Waals surface area contributed by atoms with Crippen LogP contribution in [0, 0.1) is 0 Å². The molecule has 1 saturated heterocycles. The quantitative estimate of drug-likeness (QED) is 0.422. The molecule has 1 aliphatic heterocycles. The predicted octanol–water partition coefficient (Wildman–Crippen LogP) is 0.713. The Hall–Kier alpha value is -1.80. The van der Waals surface area contributed by atoms with Crippen molar-refractivity contribution < 1.29 is 8.42 Å². The van der Waals surface area contributed by atoms with E-state index >= 15 is 0 Å². The monoisotopic (exact) mass is 367 g/mol. The molecule has 1 aliphatic rings. The number of nitrogens with one attached hydrogen (secondary N) is 2. The zero-order valence-electron chi connectivity index (χ0n) is 15.1. The van der Waals surface area contributed by atoms with Crippen molar-refractivity contribution in [3.05, 3.63) is 30.3 Å². The van der Waals surface area contributed by atoms with Crippen LogP contribution in [0.3, 0.4) is 0 Å². The van der Waals surface area contributed by atoms with Crippen LogP contribution in [0.4, 0.5) is 5.69 Å². The molecule has 0 spiro atoms. The summed E-state index contributed by atoms with van der Waals surface area (Å²) in [6.45, 7) is 6.52. The first-order valence-corrected chi connectivity index (χ1v) is 10.4. The summed E-state index contributed by atoms with van der Waals surface area (Å²) < 4.78 is 25.3. The van der Waals surface area contributed by atoms with E-state index < -0.39 is 10.0 Å². The number of anilines is 1. The van der Waals surface area contributed by atoms with E-state index in [9.17, 15) is 8.42 Å². The molecule has 1 aromatic carbocycles. The lowest BCUT2D eigenvalue weighted by Crippen LogP contribution is -2.52. The first-order chi connectivity index (χ1) is 12.1. The third-order valence-corrected chi connectivity index (χ3v) is 5.66. The molecule has 1 fully saturated rings. The molecule has 8 heteroatoms. The van der Waals surface area contributed by atoms with Crippen LogP contribution in [0.25, 0.3) is 0 Å². The van der Waals surface area contributed by atoms with Crippen molar-refractivity contribution in [1.82, 2.24) is 14.9 Å². The molecule has 25 heavy (non-hydrogen) atoms. The van der Waals surface area contributed by atoms with E-state index in [1.54, 1.807) is 14.0 Å². The third-order valence-electron chi connectivity index (χ3n) is 4.25. The van der Waals surface area contributed by atoms with E-state index in [-0.39, 0.29) is 5.75 Å². The maximum Gasteiger partial charge on any atom is 0.211 e. The van der Waals surface area contributed by atoms with E-state index in [2.05, 4.69) is 49.1 Å². The molecule has 0 aliphatic carbocycles. The maximum absolute atomic E-state index is 11.4. The highest BCUT2D eigenvalue weighted by Crippen LogP contribution is 2.15. The van der Waals surface area contributed by atoms with E-state index in [0.717, 1.165) is 38.6 Å². The Kier molecular flexibility index (Phi) is 7.52. The predicted molar refractivity (Wildman–Crippen MR) is 104 cm³/mol. The summed E-state index contributed by atoms with van der Waals surface area (Å²) in [6, 6.07) is 10.4. The van der Waals surface area contributed by atoms with E-state index in [1.807, 2.05) is 6.07 Å². The van der Waals surface area contributed by atoms with Gasteiger partial charge >= 0.3 is 0 Å². The minimum absolute atomic E-state index is 0.119. The van der Waals surface area contributed by atoms with Gasteiger partial charge < -0.3 is 15.1 Å². The molecule has 0 unspecified atom stereocenters. The number of hydrogen-bond donors (Lipinski definition) is 2. The average molecular weight is 368 g/mol. The summed E-state index contributed by atoms with van der Waals surface area (Å²) >= 11 is 0. The number of guanidine groups is 1. The van der Waals surface area contributed by atoms with Gasteiger partial charge in [-0.25, -0.2) is 13.1 Å². The van der Waals surface area contributed by atoms with Crippen molar-refractivity contribution in [3.8, 4) is 0 Å². The van der Waals surface area contributed by atoms with E-state index in [1.165, 1.54) is 5.69 Å². The normalized spacial score (nSPS) is 16.2. The van der Waals surface area contributed by atoms with Gasteiger partial charge in [0.25, 0.3) is 0 Å². The van der Waals surface area contributed by atoms with Gasteiger partial charge in [-0.2, -0.15) is 0 Å². The van der Waals surface area contributed by atoms with Crippen molar-refractivity contribution in [2.24, 2.45) is 4.99 Å². The van der Waals surface area contributed by atoms with Crippen LogP contribution in [0.1, 0.15) is 13.3 Å².